The van der Waals surface area contributed by atoms with Crippen LogP contribution < -0.4 is 19.5 Å². The highest BCUT2D eigenvalue weighted by molar-refractivity contribution is 5.98. The number of carbonyl (C=O) groups is 1. The number of nitrogens with zero attached hydrogens (tertiary/aromatic N) is 1. The Morgan fingerprint density at radius 2 is 1.69 bits per heavy atom. The number of aryl methyl sites for hydroxylation is 2. The molecule has 0 saturated heterocycles. The summed E-state index contributed by atoms with van der Waals surface area (Å²) in [5.41, 5.74) is 4.74. The van der Waals surface area contributed by atoms with Crippen LogP contribution in [0.5, 0.6) is 17.2 Å². The van der Waals surface area contributed by atoms with Gasteiger partial charge in [-0.15, -0.1) is 0 Å². The van der Waals surface area contributed by atoms with Crippen LogP contribution in [-0.4, -0.2) is 32.4 Å². The molecule has 1 aromatic heterocycles. The highest BCUT2D eigenvalue weighted by Crippen LogP contribution is 2.42. The lowest BCUT2D eigenvalue weighted by molar-refractivity contribution is -0.133. The molecule has 3 aromatic rings. The number of anilines is 2. The van der Waals surface area contributed by atoms with Crippen molar-refractivity contribution in [1.82, 2.24) is 4.57 Å². The quantitative estimate of drug-likeness (QED) is 0.564. The van der Waals surface area contributed by atoms with E-state index in [-0.39, 0.29) is 6.10 Å². The van der Waals surface area contributed by atoms with E-state index < -0.39 is 0 Å². The summed E-state index contributed by atoms with van der Waals surface area (Å²) in [7, 11) is 6.71. The fourth-order valence-corrected chi connectivity index (χ4v) is 3.56. The number of rotatable bonds is 8. The number of ether oxygens (including phenoxy) is 4. The van der Waals surface area contributed by atoms with Crippen molar-refractivity contribution in [2.75, 3.05) is 26.6 Å². The molecule has 7 heteroatoms. The molecule has 2 aromatic carbocycles. The summed E-state index contributed by atoms with van der Waals surface area (Å²) >= 11 is 0. The molecule has 0 aliphatic heterocycles. The number of hydrogen-bond acceptors (Lipinski definition) is 6. The van der Waals surface area contributed by atoms with Crippen LogP contribution in [0, 0.1) is 6.92 Å². The van der Waals surface area contributed by atoms with Crippen LogP contribution in [0.15, 0.2) is 30.5 Å². The molecule has 1 atom stereocenters. The van der Waals surface area contributed by atoms with Gasteiger partial charge in [-0.1, -0.05) is 0 Å². The first-order valence-corrected chi connectivity index (χ1v) is 9.19. The first-order chi connectivity index (χ1) is 13.9. The third-order valence-corrected chi connectivity index (χ3v) is 4.90. The predicted molar refractivity (Wildman–Crippen MR) is 113 cm³/mol. The monoisotopic (exact) mass is 398 g/mol. The van der Waals surface area contributed by atoms with E-state index in [1.54, 1.807) is 21.3 Å². The van der Waals surface area contributed by atoms with Gasteiger partial charge >= 0.3 is 0 Å². The first kappa shape index (κ1) is 20.4. The Labute approximate surface area is 170 Å². The molecule has 7 nitrogen and oxygen atoms in total. The fraction of sp³-hybridized carbons (Fsp3) is 0.318. The van der Waals surface area contributed by atoms with E-state index >= 15 is 0 Å². The van der Waals surface area contributed by atoms with Gasteiger partial charge in [0, 0.05) is 47.7 Å². The van der Waals surface area contributed by atoms with E-state index in [4.69, 9.17) is 18.9 Å². The molecule has 0 aliphatic rings. The molecule has 154 valence electrons. The van der Waals surface area contributed by atoms with Crippen LogP contribution in [-0.2, 0) is 16.6 Å². The minimum Gasteiger partial charge on any atom is -0.493 e. The van der Waals surface area contributed by atoms with Gasteiger partial charge in [-0.3, -0.25) is 4.79 Å². The van der Waals surface area contributed by atoms with Crippen molar-refractivity contribution in [3.63, 3.8) is 0 Å². The zero-order valence-electron chi connectivity index (χ0n) is 17.5. The van der Waals surface area contributed by atoms with Gasteiger partial charge in [-0.25, -0.2) is 0 Å². The second-order valence-corrected chi connectivity index (χ2v) is 6.82. The number of methoxy groups -OCH3 is 3. The van der Waals surface area contributed by atoms with Gasteiger partial charge in [0.25, 0.3) is 6.47 Å². The summed E-state index contributed by atoms with van der Waals surface area (Å²) in [5.74, 6) is 1.65. The lowest BCUT2D eigenvalue weighted by atomic mass is 10.0. The summed E-state index contributed by atoms with van der Waals surface area (Å²) in [6.07, 6.45) is 1.61. The van der Waals surface area contributed by atoms with Gasteiger partial charge in [0.1, 0.15) is 6.10 Å². The Balaban J connectivity index is 2.16. The van der Waals surface area contributed by atoms with Crippen molar-refractivity contribution < 1.29 is 23.7 Å². The zero-order chi connectivity index (χ0) is 21.1. The van der Waals surface area contributed by atoms with Crippen molar-refractivity contribution in [1.29, 1.82) is 0 Å². The van der Waals surface area contributed by atoms with Gasteiger partial charge in [0.2, 0.25) is 5.75 Å². The first-order valence-electron chi connectivity index (χ1n) is 9.19. The number of carbonyl (C=O) groups excluding carboxylic acids is 1. The second kappa shape index (κ2) is 8.34. The van der Waals surface area contributed by atoms with Crippen molar-refractivity contribution in [2.24, 2.45) is 7.05 Å². The maximum atomic E-state index is 10.9. The average molecular weight is 398 g/mol. The second-order valence-electron chi connectivity index (χ2n) is 6.82. The Morgan fingerprint density at radius 3 is 2.24 bits per heavy atom. The van der Waals surface area contributed by atoms with E-state index in [0.29, 0.717) is 23.7 Å². The molecule has 0 bridgehead atoms. The van der Waals surface area contributed by atoms with Gasteiger partial charge in [-0.2, -0.15) is 0 Å². The summed E-state index contributed by atoms with van der Waals surface area (Å²) in [4.78, 5) is 10.9. The third kappa shape index (κ3) is 3.81. The lowest BCUT2D eigenvalue weighted by Gasteiger charge is -2.17. The van der Waals surface area contributed by atoms with E-state index in [9.17, 15) is 4.79 Å². The molecule has 29 heavy (non-hydrogen) atoms. The minimum absolute atomic E-state index is 0.376. The smallest absolute Gasteiger partial charge is 0.293 e. The van der Waals surface area contributed by atoms with Crippen LogP contribution in [0.1, 0.15) is 24.2 Å². The number of hydrogen-bond donors (Lipinski definition) is 1. The molecule has 0 saturated carbocycles. The van der Waals surface area contributed by atoms with E-state index in [0.717, 1.165) is 33.4 Å². The molecule has 0 aliphatic carbocycles. The Kier molecular flexibility index (Phi) is 5.87. The van der Waals surface area contributed by atoms with Gasteiger partial charge < -0.3 is 28.8 Å². The average Bonchev–Trinajstić information content (AvgIpc) is 3.04. The Bertz CT molecular complexity index is 1020. The number of nitrogens with one attached hydrogen (secondary N) is 1. The molecule has 0 amide bonds. The summed E-state index contributed by atoms with van der Waals surface area (Å²) in [6.45, 7) is 4.37. The largest absolute Gasteiger partial charge is 0.493 e. The van der Waals surface area contributed by atoms with Crippen LogP contribution >= 0.6 is 0 Å². The van der Waals surface area contributed by atoms with Crippen LogP contribution in [0.25, 0.3) is 10.9 Å². The Morgan fingerprint density at radius 1 is 1.03 bits per heavy atom. The molecular formula is C22H26N2O5. The summed E-state index contributed by atoms with van der Waals surface area (Å²) < 4.78 is 23.6. The molecule has 0 spiro atoms. The number of fused-ring (bicyclic) bond motifs is 1. The van der Waals surface area contributed by atoms with E-state index in [1.165, 1.54) is 0 Å². The topological polar surface area (TPSA) is 71.0 Å². The van der Waals surface area contributed by atoms with Crippen LogP contribution in [0.2, 0.25) is 0 Å². The van der Waals surface area contributed by atoms with Gasteiger partial charge in [0.05, 0.1) is 26.8 Å². The Hall–Kier alpha value is -3.35. The predicted octanol–water partition coefficient (Wildman–Crippen LogP) is 4.49. The van der Waals surface area contributed by atoms with Gasteiger partial charge in [-0.05, 0) is 31.5 Å². The lowest BCUT2D eigenvalue weighted by Crippen LogP contribution is -2.00. The minimum atomic E-state index is -0.376. The van der Waals surface area contributed by atoms with Crippen molar-refractivity contribution >= 4 is 28.7 Å². The third-order valence-electron chi connectivity index (χ3n) is 4.90. The molecule has 3 rings (SSSR count). The molecule has 0 radical (unpaired) electrons. The van der Waals surface area contributed by atoms with E-state index in [1.807, 2.05) is 43.8 Å². The molecule has 1 N–H and O–H groups in total. The number of benzene rings is 2. The van der Waals surface area contributed by atoms with Crippen LogP contribution in [0.4, 0.5) is 11.4 Å². The normalized spacial score (nSPS) is 11.8. The molecule has 1 heterocycles. The zero-order valence-corrected chi connectivity index (χ0v) is 17.5. The van der Waals surface area contributed by atoms with Crippen LogP contribution in [0.3, 0.4) is 0 Å². The standard InChI is InChI=1S/C22H26N2O5/c1-13-7-17(21-16(14(2)29-12-25)11-24(3)18(21)8-13)23-15-9-19(26-4)22(28-6)20(10-15)27-5/h7-12,14,23H,1-6H3. The maximum Gasteiger partial charge on any atom is 0.293 e. The molecule has 0 fully saturated rings. The van der Waals surface area contributed by atoms with Gasteiger partial charge in [0.15, 0.2) is 11.5 Å². The maximum absolute atomic E-state index is 10.9. The summed E-state index contributed by atoms with van der Waals surface area (Å²) in [5, 5.41) is 4.45. The van der Waals surface area contributed by atoms with E-state index in [2.05, 4.69) is 17.4 Å². The molecular weight excluding hydrogens is 372 g/mol. The molecule has 1 unspecified atom stereocenters. The number of aromatic nitrogens is 1. The van der Waals surface area contributed by atoms with Crippen molar-refractivity contribution in [2.45, 2.75) is 20.0 Å². The SMILES string of the molecule is COc1cc(Nc2cc(C)cc3c2c(C(C)OC=O)cn3C)cc(OC)c1OC. The van der Waals surface area contributed by atoms with Crippen molar-refractivity contribution in [3.8, 4) is 17.2 Å². The highest BCUT2D eigenvalue weighted by Gasteiger charge is 2.19. The fourth-order valence-electron chi connectivity index (χ4n) is 3.56. The summed E-state index contributed by atoms with van der Waals surface area (Å²) in [6, 6.07) is 7.86. The van der Waals surface area contributed by atoms with Crippen molar-refractivity contribution in [3.05, 3.63) is 41.6 Å². The highest BCUT2D eigenvalue weighted by atomic mass is 16.5.